The summed E-state index contributed by atoms with van der Waals surface area (Å²) in [6, 6.07) is 4.72. The number of aryl methyl sites for hydroxylation is 1. The number of carbonyl (C=O) groups excluding carboxylic acids is 3. The summed E-state index contributed by atoms with van der Waals surface area (Å²) in [5.74, 6) is -3.78. The lowest BCUT2D eigenvalue weighted by Crippen LogP contribution is -2.51. The van der Waals surface area contributed by atoms with Crippen LogP contribution in [0.25, 0.3) is 10.4 Å². The van der Waals surface area contributed by atoms with Gasteiger partial charge in [-0.2, -0.15) is 0 Å². The van der Waals surface area contributed by atoms with E-state index >= 15 is 0 Å². The zero-order valence-electron chi connectivity index (χ0n) is 15.7. The van der Waals surface area contributed by atoms with E-state index in [9.17, 15) is 23.2 Å². The Morgan fingerprint density at radius 1 is 1.28 bits per heavy atom. The van der Waals surface area contributed by atoms with Crippen molar-refractivity contribution in [1.82, 2.24) is 15.2 Å². The van der Waals surface area contributed by atoms with Crippen molar-refractivity contribution >= 4 is 29.1 Å². The largest absolute Gasteiger partial charge is 0.325 e. The Kier molecular flexibility index (Phi) is 4.72. The summed E-state index contributed by atoms with van der Waals surface area (Å²) in [7, 11) is 0. The van der Waals surface area contributed by atoms with E-state index in [0.29, 0.717) is 4.88 Å². The zero-order chi connectivity index (χ0) is 20.8. The van der Waals surface area contributed by atoms with Crippen LogP contribution in [0.3, 0.4) is 0 Å². The number of imide groups is 1. The highest BCUT2D eigenvalue weighted by atomic mass is 32.1. The number of thiophene rings is 1. The topological polar surface area (TPSA) is 79.4 Å². The van der Waals surface area contributed by atoms with E-state index in [1.54, 1.807) is 24.5 Å². The van der Waals surface area contributed by atoms with E-state index in [2.05, 4.69) is 10.3 Å². The second-order valence-corrected chi connectivity index (χ2v) is 8.60. The number of amides is 3. The molecule has 29 heavy (non-hydrogen) atoms. The average Bonchev–Trinajstić information content (AvgIpc) is 3.19. The second-order valence-electron chi connectivity index (χ2n) is 7.55. The standard InChI is InChI=1S/C20H19F2N3O3S/c1-12-9-15(29-16(12)13-3-2-8-23-10-13)14(26)11-25-17(27)19(24-18(25)28)4-6-20(21,22)7-5-19/h2-3,8-10H,4-7,11H2,1H3,(H,24,28). The van der Waals surface area contributed by atoms with E-state index in [0.717, 1.165) is 20.9 Å². The Bertz CT molecular complexity index is 980. The fourth-order valence-electron chi connectivity index (χ4n) is 3.83. The number of carbonyl (C=O) groups is 3. The van der Waals surface area contributed by atoms with Crippen LogP contribution in [0.15, 0.2) is 30.6 Å². The predicted octanol–water partition coefficient (Wildman–Crippen LogP) is 3.80. The normalized spacial score (nSPS) is 20.2. The fourth-order valence-corrected chi connectivity index (χ4v) is 4.92. The van der Waals surface area contributed by atoms with Gasteiger partial charge < -0.3 is 5.32 Å². The number of hydrogen-bond acceptors (Lipinski definition) is 5. The predicted molar refractivity (Wildman–Crippen MR) is 103 cm³/mol. The molecule has 1 N–H and O–H groups in total. The van der Waals surface area contributed by atoms with Crippen molar-refractivity contribution in [2.75, 3.05) is 6.54 Å². The van der Waals surface area contributed by atoms with Crippen LogP contribution in [0.4, 0.5) is 13.6 Å². The molecule has 0 atom stereocenters. The Hall–Kier alpha value is -2.68. The summed E-state index contributed by atoms with van der Waals surface area (Å²) < 4.78 is 27.0. The van der Waals surface area contributed by atoms with Crippen LogP contribution < -0.4 is 5.32 Å². The molecule has 0 bridgehead atoms. The van der Waals surface area contributed by atoms with E-state index in [1.807, 2.05) is 13.0 Å². The number of nitrogens with zero attached hydrogens (tertiary/aromatic N) is 2. The molecular weight excluding hydrogens is 400 g/mol. The minimum absolute atomic E-state index is 0.126. The van der Waals surface area contributed by atoms with Crippen molar-refractivity contribution in [3.8, 4) is 10.4 Å². The third kappa shape index (κ3) is 3.55. The molecule has 3 amide bonds. The number of alkyl halides is 2. The quantitative estimate of drug-likeness (QED) is 0.604. The summed E-state index contributed by atoms with van der Waals surface area (Å²) in [5.41, 5.74) is 0.464. The number of nitrogens with one attached hydrogen (secondary N) is 1. The van der Waals surface area contributed by atoms with Gasteiger partial charge in [0.2, 0.25) is 5.92 Å². The van der Waals surface area contributed by atoms with Gasteiger partial charge in [0.05, 0.1) is 11.4 Å². The SMILES string of the molecule is Cc1cc(C(=O)CN2C(=O)NC3(CCC(F)(F)CC3)C2=O)sc1-c1cccnc1. The Labute approximate surface area is 169 Å². The van der Waals surface area contributed by atoms with Gasteiger partial charge in [-0.25, -0.2) is 13.6 Å². The summed E-state index contributed by atoms with van der Waals surface area (Å²) in [5, 5.41) is 2.55. The Morgan fingerprint density at radius 3 is 2.66 bits per heavy atom. The number of pyridine rings is 1. The minimum Gasteiger partial charge on any atom is -0.323 e. The number of urea groups is 1. The maximum Gasteiger partial charge on any atom is 0.325 e. The van der Waals surface area contributed by atoms with Crippen LogP contribution >= 0.6 is 11.3 Å². The van der Waals surface area contributed by atoms with E-state index in [-0.39, 0.29) is 18.6 Å². The first-order valence-electron chi connectivity index (χ1n) is 9.27. The molecule has 9 heteroatoms. The zero-order valence-corrected chi connectivity index (χ0v) is 16.5. The van der Waals surface area contributed by atoms with Crippen LogP contribution in [0, 0.1) is 6.92 Å². The van der Waals surface area contributed by atoms with Crippen molar-refractivity contribution < 1.29 is 23.2 Å². The number of Topliss-reactive ketones (excluding diaryl/α,β-unsaturated/α-hetero) is 1. The molecule has 1 aliphatic heterocycles. The lowest BCUT2D eigenvalue weighted by Gasteiger charge is -2.34. The molecule has 1 spiro atoms. The summed E-state index contributed by atoms with van der Waals surface area (Å²) in [6.07, 6.45) is 2.19. The van der Waals surface area contributed by atoms with Gasteiger partial charge in [-0.3, -0.25) is 19.5 Å². The molecule has 0 radical (unpaired) electrons. The molecule has 2 aromatic heterocycles. The second kappa shape index (κ2) is 6.98. The molecule has 6 nitrogen and oxygen atoms in total. The van der Waals surface area contributed by atoms with Crippen LogP contribution in [0.5, 0.6) is 0 Å². The Morgan fingerprint density at radius 2 is 2.00 bits per heavy atom. The first kappa shape index (κ1) is 19.6. The highest BCUT2D eigenvalue weighted by Crippen LogP contribution is 2.41. The van der Waals surface area contributed by atoms with Gasteiger partial charge in [-0.05, 0) is 37.5 Å². The van der Waals surface area contributed by atoms with Crippen LogP contribution in [0.1, 0.15) is 40.9 Å². The third-order valence-corrected chi connectivity index (χ3v) is 6.83. The summed E-state index contributed by atoms with van der Waals surface area (Å²) in [4.78, 5) is 44.2. The van der Waals surface area contributed by atoms with Crippen molar-refractivity contribution in [2.24, 2.45) is 0 Å². The highest BCUT2D eigenvalue weighted by molar-refractivity contribution is 7.17. The highest BCUT2D eigenvalue weighted by Gasteiger charge is 2.55. The first-order valence-corrected chi connectivity index (χ1v) is 10.1. The van der Waals surface area contributed by atoms with E-state index in [1.165, 1.54) is 11.3 Å². The van der Waals surface area contributed by atoms with Crippen LogP contribution in [0.2, 0.25) is 0 Å². The van der Waals surface area contributed by atoms with Gasteiger partial charge in [0, 0.05) is 35.7 Å². The Balaban J connectivity index is 1.51. The molecule has 1 saturated heterocycles. The molecule has 1 aliphatic carbocycles. The first-order chi connectivity index (χ1) is 13.7. The molecule has 3 heterocycles. The number of hydrogen-bond donors (Lipinski definition) is 1. The number of halogens is 2. The summed E-state index contributed by atoms with van der Waals surface area (Å²) in [6.45, 7) is 1.47. The van der Waals surface area contributed by atoms with Crippen LogP contribution in [-0.4, -0.2) is 45.6 Å². The van der Waals surface area contributed by atoms with Gasteiger partial charge in [-0.1, -0.05) is 6.07 Å². The third-order valence-electron chi connectivity index (χ3n) is 5.50. The van der Waals surface area contributed by atoms with Crippen molar-refractivity contribution in [2.45, 2.75) is 44.1 Å². The van der Waals surface area contributed by atoms with Crippen LogP contribution in [-0.2, 0) is 4.79 Å². The smallest absolute Gasteiger partial charge is 0.323 e. The maximum absolute atomic E-state index is 13.5. The van der Waals surface area contributed by atoms with E-state index < -0.39 is 42.8 Å². The molecular formula is C20H19F2N3O3S. The molecule has 4 rings (SSSR count). The van der Waals surface area contributed by atoms with Gasteiger partial charge in [0.1, 0.15) is 5.54 Å². The van der Waals surface area contributed by atoms with Gasteiger partial charge >= 0.3 is 6.03 Å². The number of ketones is 1. The minimum atomic E-state index is -2.82. The molecule has 0 unspecified atom stereocenters. The van der Waals surface area contributed by atoms with E-state index in [4.69, 9.17) is 0 Å². The molecule has 0 aromatic carbocycles. The maximum atomic E-state index is 13.5. The average molecular weight is 419 g/mol. The summed E-state index contributed by atoms with van der Waals surface area (Å²) >= 11 is 1.27. The molecule has 152 valence electrons. The van der Waals surface area contributed by atoms with Gasteiger partial charge in [0.15, 0.2) is 5.78 Å². The number of aromatic nitrogens is 1. The molecule has 2 aliphatic rings. The number of rotatable bonds is 4. The molecule has 2 aromatic rings. The molecule has 1 saturated carbocycles. The lowest BCUT2D eigenvalue weighted by atomic mass is 9.80. The van der Waals surface area contributed by atoms with Crippen molar-refractivity contribution in [1.29, 1.82) is 0 Å². The fraction of sp³-hybridized carbons (Fsp3) is 0.400. The monoisotopic (exact) mass is 419 g/mol. The van der Waals surface area contributed by atoms with Gasteiger partial charge in [0.25, 0.3) is 5.91 Å². The lowest BCUT2D eigenvalue weighted by molar-refractivity contribution is -0.135. The molecule has 2 fully saturated rings. The van der Waals surface area contributed by atoms with Crippen molar-refractivity contribution in [3.05, 3.63) is 41.0 Å². The van der Waals surface area contributed by atoms with Crippen molar-refractivity contribution in [3.63, 3.8) is 0 Å². The van der Waals surface area contributed by atoms with Gasteiger partial charge in [-0.15, -0.1) is 11.3 Å².